The molecule has 1 aromatic carbocycles. The molecule has 1 fully saturated rings. The Kier molecular flexibility index (Phi) is 4.40. The standard InChI is InChI=1S/C14H20O3S/c15-18(16,17)14-9-5-4-8-13(14)11-10-12-6-2-1-3-7-12/h4-5,8-9,12H,1-3,6-7,10-11H2,(H,15,16,17). The van der Waals surface area contributed by atoms with Crippen LogP contribution in [-0.2, 0) is 16.5 Å². The van der Waals surface area contributed by atoms with Gasteiger partial charge < -0.3 is 0 Å². The van der Waals surface area contributed by atoms with Crippen molar-refractivity contribution >= 4 is 10.1 Å². The smallest absolute Gasteiger partial charge is 0.282 e. The van der Waals surface area contributed by atoms with E-state index >= 15 is 0 Å². The zero-order valence-corrected chi connectivity index (χ0v) is 11.3. The first-order chi connectivity index (χ1) is 8.57. The molecule has 4 heteroatoms. The van der Waals surface area contributed by atoms with Crippen molar-refractivity contribution in [1.29, 1.82) is 0 Å². The van der Waals surface area contributed by atoms with E-state index in [9.17, 15) is 13.0 Å². The fraction of sp³-hybridized carbons (Fsp3) is 0.571. The fourth-order valence-electron chi connectivity index (χ4n) is 2.80. The Morgan fingerprint density at radius 2 is 1.78 bits per heavy atom. The molecule has 3 nitrogen and oxygen atoms in total. The Morgan fingerprint density at radius 3 is 2.44 bits per heavy atom. The average molecular weight is 268 g/mol. The van der Waals surface area contributed by atoms with Gasteiger partial charge >= 0.3 is 0 Å². The highest BCUT2D eigenvalue weighted by atomic mass is 32.2. The van der Waals surface area contributed by atoms with Crippen molar-refractivity contribution in [2.75, 3.05) is 0 Å². The largest absolute Gasteiger partial charge is 0.294 e. The first kappa shape index (κ1) is 13.6. The SMILES string of the molecule is O=S(=O)(O)c1ccccc1CCC1CCCCC1. The zero-order valence-electron chi connectivity index (χ0n) is 10.5. The monoisotopic (exact) mass is 268 g/mol. The van der Waals surface area contributed by atoms with Crippen LogP contribution in [0.1, 0.15) is 44.1 Å². The highest BCUT2D eigenvalue weighted by Crippen LogP contribution is 2.28. The van der Waals surface area contributed by atoms with Crippen LogP contribution >= 0.6 is 0 Å². The van der Waals surface area contributed by atoms with Crippen LogP contribution in [0.4, 0.5) is 0 Å². The van der Waals surface area contributed by atoms with Gasteiger partial charge in [-0.1, -0.05) is 50.3 Å². The molecule has 1 aromatic rings. The van der Waals surface area contributed by atoms with E-state index in [1.54, 1.807) is 12.1 Å². The molecule has 1 N–H and O–H groups in total. The number of benzene rings is 1. The number of aryl methyl sites for hydroxylation is 1. The Balaban J connectivity index is 2.05. The second-order valence-electron chi connectivity index (χ2n) is 5.13. The molecule has 1 aliphatic rings. The van der Waals surface area contributed by atoms with Crippen LogP contribution in [0.2, 0.25) is 0 Å². The lowest BCUT2D eigenvalue weighted by Crippen LogP contribution is -2.09. The Hall–Kier alpha value is -0.870. The molecule has 2 rings (SSSR count). The van der Waals surface area contributed by atoms with Crippen molar-refractivity contribution in [2.45, 2.75) is 49.8 Å². The van der Waals surface area contributed by atoms with Gasteiger partial charge in [-0.05, 0) is 30.4 Å². The van der Waals surface area contributed by atoms with E-state index in [4.69, 9.17) is 0 Å². The average Bonchev–Trinajstić information content (AvgIpc) is 2.37. The summed E-state index contributed by atoms with van der Waals surface area (Å²) < 4.78 is 31.7. The molecule has 0 spiro atoms. The summed E-state index contributed by atoms with van der Waals surface area (Å²) in [5, 5.41) is 0. The Labute approximate surface area is 109 Å². The molecule has 0 aromatic heterocycles. The summed E-state index contributed by atoms with van der Waals surface area (Å²) >= 11 is 0. The minimum absolute atomic E-state index is 0.0702. The summed E-state index contributed by atoms with van der Waals surface area (Å²) in [4.78, 5) is 0.0702. The molecule has 1 aliphatic carbocycles. The van der Waals surface area contributed by atoms with Crippen LogP contribution in [0.3, 0.4) is 0 Å². The van der Waals surface area contributed by atoms with Crippen molar-refractivity contribution in [3.8, 4) is 0 Å². The van der Waals surface area contributed by atoms with Gasteiger partial charge in [0.2, 0.25) is 0 Å². The Morgan fingerprint density at radius 1 is 1.11 bits per heavy atom. The van der Waals surface area contributed by atoms with E-state index in [-0.39, 0.29) is 4.90 Å². The number of hydrogen-bond donors (Lipinski definition) is 1. The number of hydrogen-bond acceptors (Lipinski definition) is 2. The third kappa shape index (κ3) is 3.56. The third-order valence-electron chi connectivity index (χ3n) is 3.80. The molecule has 0 saturated heterocycles. The van der Waals surface area contributed by atoms with Gasteiger partial charge in [-0.2, -0.15) is 8.42 Å². The molecule has 18 heavy (non-hydrogen) atoms. The van der Waals surface area contributed by atoms with Crippen molar-refractivity contribution in [3.63, 3.8) is 0 Å². The first-order valence-corrected chi connectivity index (χ1v) is 8.07. The summed E-state index contributed by atoms with van der Waals surface area (Å²) in [6.45, 7) is 0. The zero-order chi connectivity index (χ0) is 13.0. The molecule has 0 aliphatic heterocycles. The summed E-state index contributed by atoms with van der Waals surface area (Å²) in [5.74, 6) is 0.716. The molecular weight excluding hydrogens is 248 g/mol. The lowest BCUT2D eigenvalue weighted by molar-refractivity contribution is 0.338. The van der Waals surface area contributed by atoms with Crippen molar-refractivity contribution < 1.29 is 13.0 Å². The maximum atomic E-state index is 11.3. The molecule has 0 heterocycles. The van der Waals surface area contributed by atoms with Crippen LogP contribution in [0.25, 0.3) is 0 Å². The van der Waals surface area contributed by atoms with Crippen molar-refractivity contribution in [3.05, 3.63) is 29.8 Å². The van der Waals surface area contributed by atoms with Gasteiger partial charge in [-0.25, -0.2) is 0 Å². The summed E-state index contributed by atoms with van der Waals surface area (Å²) in [5.41, 5.74) is 0.741. The molecule has 100 valence electrons. The van der Waals surface area contributed by atoms with Gasteiger partial charge in [0.1, 0.15) is 0 Å². The second kappa shape index (κ2) is 5.85. The van der Waals surface area contributed by atoms with E-state index in [1.807, 2.05) is 6.07 Å². The van der Waals surface area contributed by atoms with Gasteiger partial charge in [0.25, 0.3) is 10.1 Å². The second-order valence-corrected chi connectivity index (χ2v) is 6.52. The van der Waals surface area contributed by atoms with E-state index in [1.165, 1.54) is 38.2 Å². The molecule has 0 radical (unpaired) electrons. The van der Waals surface area contributed by atoms with Crippen molar-refractivity contribution in [1.82, 2.24) is 0 Å². The summed E-state index contributed by atoms with van der Waals surface area (Å²) in [7, 11) is -4.09. The lowest BCUT2D eigenvalue weighted by atomic mass is 9.85. The molecule has 0 amide bonds. The molecular formula is C14H20O3S. The fourth-order valence-corrected chi connectivity index (χ4v) is 3.55. The van der Waals surface area contributed by atoms with Crippen LogP contribution in [0.5, 0.6) is 0 Å². The van der Waals surface area contributed by atoms with E-state index in [0.717, 1.165) is 18.4 Å². The topological polar surface area (TPSA) is 54.4 Å². The number of rotatable bonds is 4. The quantitative estimate of drug-likeness (QED) is 0.851. The van der Waals surface area contributed by atoms with Gasteiger partial charge in [0.05, 0.1) is 4.90 Å². The minimum atomic E-state index is -4.09. The van der Waals surface area contributed by atoms with Crippen LogP contribution in [-0.4, -0.2) is 13.0 Å². The van der Waals surface area contributed by atoms with Gasteiger partial charge in [0, 0.05) is 0 Å². The highest BCUT2D eigenvalue weighted by Gasteiger charge is 2.17. The third-order valence-corrected chi connectivity index (χ3v) is 4.75. The molecule has 0 atom stereocenters. The molecule has 1 saturated carbocycles. The minimum Gasteiger partial charge on any atom is -0.282 e. The van der Waals surface area contributed by atoms with Crippen molar-refractivity contribution in [2.24, 2.45) is 5.92 Å². The van der Waals surface area contributed by atoms with Gasteiger partial charge in [-0.15, -0.1) is 0 Å². The normalized spacial score (nSPS) is 17.8. The van der Waals surface area contributed by atoms with E-state index in [2.05, 4.69) is 0 Å². The lowest BCUT2D eigenvalue weighted by Gasteiger charge is -2.21. The maximum Gasteiger partial charge on any atom is 0.294 e. The summed E-state index contributed by atoms with van der Waals surface area (Å²) in [6, 6.07) is 6.75. The van der Waals surface area contributed by atoms with Gasteiger partial charge in [0.15, 0.2) is 0 Å². The maximum absolute atomic E-state index is 11.3. The first-order valence-electron chi connectivity index (χ1n) is 6.63. The Bertz CT molecular complexity index is 488. The molecule has 0 bridgehead atoms. The molecule has 0 unspecified atom stereocenters. The van der Waals surface area contributed by atoms with Crippen LogP contribution in [0, 0.1) is 5.92 Å². The van der Waals surface area contributed by atoms with Gasteiger partial charge in [-0.3, -0.25) is 4.55 Å². The highest BCUT2D eigenvalue weighted by molar-refractivity contribution is 7.85. The predicted octanol–water partition coefficient (Wildman–Crippen LogP) is 3.45. The predicted molar refractivity (Wildman–Crippen MR) is 71.2 cm³/mol. The van der Waals surface area contributed by atoms with E-state index < -0.39 is 10.1 Å². The van der Waals surface area contributed by atoms with Crippen LogP contribution < -0.4 is 0 Å². The van der Waals surface area contributed by atoms with Crippen LogP contribution in [0.15, 0.2) is 29.2 Å². The summed E-state index contributed by atoms with van der Waals surface area (Å²) in [6.07, 6.45) is 8.20. The van der Waals surface area contributed by atoms with E-state index in [0.29, 0.717) is 5.92 Å².